The van der Waals surface area contributed by atoms with Crippen LogP contribution in [-0.2, 0) is 9.84 Å². The quantitative estimate of drug-likeness (QED) is 0.853. The summed E-state index contributed by atoms with van der Waals surface area (Å²) in [5.74, 6) is 0.814. The molecule has 0 spiro atoms. The van der Waals surface area contributed by atoms with Crippen LogP contribution in [0.5, 0.6) is 0 Å². The van der Waals surface area contributed by atoms with Crippen molar-refractivity contribution in [2.75, 3.05) is 16.8 Å². The van der Waals surface area contributed by atoms with Gasteiger partial charge in [0.25, 0.3) is 5.91 Å². The average molecular weight is 311 g/mol. The maximum absolute atomic E-state index is 11.9. The molecule has 1 saturated heterocycles. The fraction of sp³-hybridized carbons (Fsp3) is 0.571. The van der Waals surface area contributed by atoms with Crippen molar-refractivity contribution in [1.29, 1.82) is 0 Å². The number of amides is 1. The summed E-state index contributed by atoms with van der Waals surface area (Å²) in [5, 5.41) is 5.96. The molecule has 116 valence electrons. The average Bonchev–Trinajstić information content (AvgIpc) is 2.78. The first-order valence-electron chi connectivity index (χ1n) is 7.13. The summed E-state index contributed by atoms with van der Waals surface area (Å²) in [6.07, 6.45) is 2.97. The molecule has 1 fully saturated rings. The number of nitrogens with one attached hydrogen (secondary N) is 2. The molecule has 7 heteroatoms. The van der Waals surface area contributed by atoms with Crippen LogP contribution in [0.2, 0.25) is 0 Å². The molecule has 6 nitrogen and oxygen atoms in total. The van der Waals surface area contributed by atoms with Gasteiger partial charge < -0.3 is 10.6 Å². The minimum atomic E-state index is -2.91. The first-order valence-corrected chi connectivity index (χ1v) is 8.95. The minimum Gasteiger partial charge on any atom is -0.366 e. The van der Waals surface area contributed by atoms with Gasteiger partial charge >= 0.3 is 0 Å². The molecule has 1 aliphatic rings. The van der Waals surface area contributed by atoms with Gasteiger partial charge in [0.15, 0.2) is 9.84 Å². The topological polar surface area (TPSA) is 88.2 Å². The summed E-state index contributed by atoms with van der Waals surface area (Å²) in [5.41, 5.74) is 0.500. The maximum atomic E-state index is 11.9. The highest BCUT2D eigenvalue weighted by molar-refractivity contribution is 7.91. The number of hydrogen-bond acceptors (Lipinski definition) is 5. The van der Waals surface area contributed by atoms with Crippen LogP contribution in [0, 0.1) is 0 Å². The van der Waals surface area contributed by atoms with Crippen LogP contribution in [0.25, 0.3) is 0 Å². The normalized spacial score (nSPS) is 21.7. The van der Waals surface area contributed by atoms with Crippen LogP contribution >= 0.6 is 0 Å². The molecular formula is C14H21N3O3S. The first-order chi connectivity index (χ1) is 9.89. The van der Waals surface area contributed by atoms with Crippen LogP contribution in [-0.4, -0.2) is 42.9 Å². The number of rotatable bonds is 5. The molecule has 0 aromatic carbocycles. The number of hydrogen-bond donors (Lipinski definition) is 2. The predicted octanol–water partition coefficient (Wildman–Crippen LogP) is 1.21. The zero-order valence-electron chi connectivity index (χ0n) is 12.3. The third-order valence-corrected chi connectivity index (χ3v) is 5.37. The monoisotopic (exact) mass is 311 g/mol. The van der Waals surface area contributed by atoms with Crippen molar-refractivity contribution in [3.63, 3.8) is 0 Å². The lowest BCUT2D eigenvalue weighted by atomic mass is 10.2. The lowest BCUT2D eigenvalue weighted by Gasteiger charge is -2.13. The Morgan fingerprint density at radius 1 is 1.48 bits per heavy atom. The third-order valence-electron chi connectivity index (χ3n) is 3.60. The van der Waals surface area contributed by atoms with E-state index in [9.17, 15) is 13.2 Å². The second-order valence-corrected chi connectivity index (χ2v) is 7.69. The standard InChI is InChI=1S/C14H21N3O3S/c1-3-10(2)16-14(18)11-4-5-13(15-8-11)17-12-6-7-21(19,20)9-12/h4-5,8,10,12H,3,6-7,9H2,1-2H3,(H,15,17)(H,16,18). The summed E-state index contributed by atoms with van der Waals surface area (Å²) < 4.78 is 22.8. The zero-order valence-corrected chi connectivity index (χ0v) is 13.1. The second kappa shape index (κ2) is 6.43. The van der Waals surface area contributed by atoms with Crippen molar-refractivity contribution in [1.82, 2.24) is 10.3 Å². The van der Waals surface area contributed by atoms with E-state index in [2.05, 4.69) is 15.6 Å². The van der Waals surface area contributed by atoms with E-state index in [1.807, 2.05) is 13.8 Å². The van der Waals surface area contributed by atoms with Gasteiger partial charge in [-0.2, -0.15) is 0 Å². The number of sulfone groups is 1. The Morgan fingerprint density at radius 2 is 2.24 bits per heavy atom. The van der Waals surface area contributed by atoms with Crippen LogP contribution in [0.3, 0.4) is 0 Å². The summed E-state index contributed by atoms with van der Waals surface area (Å²) in [7, 11) is -2.91. The van der Waals surface area contributed by atoms with Crippen molar-refractivity contribution in [2.45, 2.75) is 38.8 Å². The molecule has 0 radical (unpaired) electrons. The van der Waals surface area contributed by atoms with Gasteiger partial charge in [-0.25, -0.2) is 13.4 Å². The number of aromatic nitrogens is 1. The largest absolute Gasteiger partial charge is 0.366 e. The highest BCUT2D eigenvalue weighted by Crippen LogP contribution is 2.16. The molecule has 21 heavy (non-hydrogen) atoms. The number of nitrogens with zero attached hydrogens (tertiary/aromatic N) is 1. The van der Waals surface area contributed by atoms with E-state index in [1.54, 1.807) is 12.1 Å². The van der Waals surface area contributed by atoms with E-state index < -0.39 is 9.84 Å². The Kier molecular flexibility index (Phi) is 4.82. The second-order valence-electron chi connectivity index (χ2n) is 5.46. The van der Waals surface area contributed by atoms with Gasteiger partial charge in [0.05, 0.1) is 17.1 Å². The van der Waals surface area contributed by atoms with E-state index in [-0.39, 0.29) is 29.5 Å². The van der Waals surface area contributed by atoms with Crippen molar-refractivity contribution in [3.05, 3.63) is 23.9 Å². The molecule has 2 atom stereocenters. The Bertz CT molecular complexity index is 598. The molecule has 2 N–H and O–H groups in total. The number of carbonyl (C=O) groups is 1. The smallest absolute Gasteiger partial charge is 0.253 e. The highest BCUT2D eigenvalue weighted by Gasteiger charge is 2.27. The highest BCUT2D eigenvalue weighted by atomic mass is 32.2. The Balaban J connectivity index is 1.94. The Hall–Kier alpha value is -1.63. The molecule has 1 amide bonds. The Morgan fingerprint density at radius 3 is 2.76 bits per heavy atom. The molecule has 0 bridgehead atoms. The van der Waals surface area contributed by atoms with Gasteiger partial charge in [0.2, 0.25) is 0 Å². The Labute approximate surface area is 125 Å². The lowest BCUT2D eigenvalue weighted by Crippen LogP contribution is -2.32. The van der Waals surface area contributed by atoms with Gasteiger partial charge in [0.1, 0.15) is 5.82 Å². The van der Waals surface area contributed by atoms with Crippen LogP contribution in [0.1, 0.15) is 37.0 Å². The summed E-state index contributed by atoms with van der Waals surface area (Å²) >= 11 is 0. The molecule has 1 aromatic rings. The summed E-state index contributed by atoms with van der Waals surface area (Å²) in [4.78, 5) is 16.1. The maximum Gasteiger partial charge on any atom is 0.253 e. The molecule has 2 unspecified atom stereocenters. The SMILES string of the molecule is CCC(C)NC(=O)c1ccc(NC2CCS(=O)(=O)C2)nc1. The van der Waals surface area contributed by atoms with Crippen LogP contribution in [0.15, 0.2) is 18.3 Å². The molecule has 2 heterocycles. The molecule has 1 aliphatic heterocycles. The predicted molar refractivity (Wildman–Crippen MR) is 82.1 cm³/mol. The van der Waals surface area contributed by atoms with Gasteiger partial charge in [-0.05, 0) is 31.9 Å². The molecule has 0 aliphatic carbocycles. The van der Waals surface area contributed by atoms with Crippen molar-refractivity contribution < 1.29 is 13.2 Å². The number of carbonyl (C=O) groups excluding carboxylic acids is 1. The summed E-state index contributed by atoms with van der Waals surface area (Å²) in [6, 6.07) is 3.42. The van der Waals surface area contributed by atoms with E-state index in [0.717, 1.165) is 6.42 Å². The van der Waals surface area contributed by atoms with Gasteiger partial charge in [0, 0.05) is 18.3 Å². The molecule has 1 aromatic heterocycles. The van der Waals surface area contributed by atoms with Crippen molar-refractivity contribution in [2.24, 2.45) is 0 Å². The van der Waals surface area contributed by atoms with E-state index in [1.165, 1.54) is 6.20 Å². The summed E-state index contributed by atoms with van der Waals surface area (Å²) in [6.45, 7) is 3.95. The van der Waals surface area contributed by atoms with Gasteiger partial charge in [-0.3, -0.25) is 4.79 Å². The fourth-order valence-electron chi connectivity index (χ4n) is 2.14. The molecule has 0 saturated carbocycles. The number of anilines is 1. The third kappa shape index (κ3) is 4.42. The minimum absolute atomic E-state index is 0.0951. The van der Waals surface area contributed by atoms with E-state index in [4.69, 9.17) is 0 Å². The fourth-order valence-corrected chi connectivity index (χ4v) is 3.81. The van der Waals surface area contributed by atoms with Crippen molar-refractivity contribution >= 4 is 21.6 Å². The van der Waals surface area contributed by atoms with Gasteiger partial charge in [-0.15, -0.1) is 0 Å². The lowest BCUT2D eigenvalue weighted by molar-refractivity contribution is 0.0939. The van der Waals surface area contributed by atoms with Gasteiger partial charge in [-0.1, -0.05) is 6.92 Å². The number of pyridine rings is 1. The van der Waals surface area contributed by atoms with Crippen LogP contribution < -0.4 is 10.6 Å². The van der Waals surface area contributed by atoms with E-state index >= 15 is 0 Å². The zero-order chi connectivity index (χ0) is 15.5. The molecule has 2 rings (SSSR count). The first kappa shape index (κ1) is 15.8. The van der Waals surface area contributed by atoms with E-state index in [0.29, 0.717) is 17.8 Å². The molecular weight excluding hydrogens is 290 g/mol. The van der Waals surface area contributed by atoms with Crippen molar-refractivity contribution in [3.8, 4) is 0 Å². The van der Waals surface area contributed by atoms with Crippen LogP contribution in [0.4, 0.5) is 5.82 Å².